The highest BCUT2D eigenvalue weighted by Gasteiger charge is 2.14. The Bertz CT molecular complexity index is 1260. The fourth-order valence-electron chi connectivity index (χ4n) is 3.02. The summed E-state index contributed by atoms with van der Waals surface area (Å²) < 4.78 is 20.1. The number of halogens is 1. The van der Waals surface area contributed by atoms with Gasteiger partial charge in [-0.3, -0.25) is 9.36 Å². The van der Waals surface area contributed by atoms with Crippen LogP contribution in [-0.4, -0.2) is 15.3 Å². The van der Waals surface area contributed by atoms with E-state index in [1.807, 2.05) is 13.0 Å². The minimum atomic E-state index is -0.333. The summed E-state index contributed by atoms with van der Waals surface area (Å²) in [5.41, 5.74) is 1.92. The molecule has 0 bridgehead atoms. The molecule has 2 aromatic heterocycles. The topological polar surface area (TPSA) is 68.0 Å². The Hall–Kier alpha value is -3.93. The minimum Gasteiger partial charge on any atom is -0.460 e. The lowest BCUT2D eigenvalue weighted by atomic mass is 10.1. The van der Waals surface area contributed by atoms with Gasteiger partial charge in [0.05, 0.1) is 5.69 Å². The molecule has 0 radical (unpaired) electrons. The first-order valence-electron chi connectivity index (χ1n) is 8.97. The zero-order chi connectivity index (χ0) is 20.4. The highest BCUT2D eigenvalue weighted by atomic mass is 19.1. The van der Waals surface area contributed by atoms with Crippen molar-refractivity contribution in [3.63, 3.8) is 0 Å². The van der Waals surface area contributed by atoms with Crippen molar-refractivity contribution in [3.8, 4) is 17.1 Å². The van der Waals surface area contributed by atoms with Crippen LogP contribution in [0.3, 0.4) is 0 Å². The van der Waals surface area contributed by atoms with E-state index in [2.05, 4.69) is 4.98 Å². The molecule has 0 fully saturated rings. The van der Waals surface area contributed by atoms with Gasteiger partial charge in [-0.25, -0.2) is 9.18 Å². The Morgan fingerprint density at radius 3 is 2.62 bits per heavy atom. The lowest BCUT2D eigenvalue weighted by Gasteiger charge is -2.07. The van der Waals surface area contributed by atoms with Gasteiger partial charge in [0.1, 0.15) is 17.3 Å². The summed E-state index contributed by atoms with van der Waals surface area (Å²) in [5, 5.41) is 0. The predicted molar refractivity (Wildman–Crippen MR) is 109 cm³/mol. The number of H-pyrrole nitrogens is 1. The minimum absolute atomic E-state index is 0.227. The molecule has 6 heteroatoms. The van der Waals surface area contributed by atoms with E-state index in [-0.39, 0.29) is 17.3 Å². The van der Waals surface area contributed by atoms with Gasteiger partial charge in [-0.2, -0.15) is 0 Å². The normalized spacial score (nSPS) is 11.2. The highest BCUT2D eigenvalue weighted by molar-refractivity contribution is 6.07. The summed E-state index contributed by atoms with van der Waals surface area (Å²) in [6, 6.07) is 16.2. The molecule has 5 nitrogen and oxygen atoms in total. The molecule has 144 valence electrons. The summed E-state index contributed by atoms with van der Waals surface area (Å²) in [6.45, 7) is 1.82. The summed E-state index contributed by atoms with van der Waals surface area (Å²) in [4.78, 5) is 27.6. The van der Waals surface area contributed by atoms with Gasteiger partial charge in [0.15, 0.2) is 11.5 Å². The third kappa shape index (κ3) is 3.87. The van der Waals surface area contributed by atoms with Crippen LogP contribution in [0, 0.1) is 12.7 Å². The standard InChI is InChI=1S/C23H17FN2O3/c1-15-5-12-22(29-15)20-14-25-23(28)26(20)19-4-2-3-17(13-19)21(27)11-8-16-6-9-18(24)10-7-16/h2-14H,1H3,(H,25,28). The molecular weight excluding hydrogens is 371 g/mol. The van der Waals surface area contributed by atoms with E-state index in [1.165, 1.54) is 22.8 Å². The second-order valence-electron chi connectivity index (χ2n) is 6.52. The van der Waals surface area contributed by atoms with Crippen LogP contribution in [0.4, 0.5) is 4.39 Å². The lowest BCUT2D eigenvalue weighted by molar-refractivity contribution is 0.104. The van der Waals surface area contributed by atoms with Crippen LogP contribution in [0.2, 0.25) is 0 Å². The molecule has 29 heavy (non-hydrogen) atoms. The van der Waals surface area contributed by atoms with Crippen molar-refractivity contribution < 1.29 is 13.6 Å². The molecule has 1 N–H and O–H groups in total. The molecule has 4 rings (SSSR count). The Labute approximate surface area is 165 Å². The molecule has 0 saturated carbocycles. The van der Waals surface area contributed by atoms with Gasteiger partial charge < -0.3 is 9.40 Å². The number of ketones is 1. The van der Waals surface area contributed by atoms with E-state index in [4.69, 9.17) is 4.42 Å². The highest BCUT2D eigenvalue weighted by Crippen LogP contribution is 2.23. The van der Waals surface area contributed by atoms with Crippen molar-refractivity contribution in [2.24, 2.45) is 0 Å². The third-order valence-corrected chi connectivity index (χ3v) is 4.46. The number of carbonyl (C=O) groups excluding carboxylic acids is 1. The molecular formula is C23H17FN2O3. The maximum Gasteiger partial charge on any atom is 0.330 e. The van der Waals surface area contributed by atoms with Crippen molar-refractivity contribution in [3.05, 3.63) is 106 Å². The lowest BCUT2D eigenvalue weighted by Crippen LogP contribution is -2.16. The Kier molecular flexibility index (Phi) is 4.83. The fourth-order valence-corrected chi connectivity index (χ4v) is 3.02. The zero-order valence-corrected chi connectivity index (χ0v) is 15.6. The Morgan fingerprint density at radius 1 is 1.10 bits per heavy atom. The molecule has 0 saturated heterocycles. The van der Waals surface area contributed by atoms with Crippen LogP contribution in [0.1, 0.15) is 21.7 Å². The van der Waals surface area contributed by atoms with Crippen LogP contribution >= 0.6 is 0 Å². The van der Waals surface area contributed by atoms with Gasteiger partial charge in [-0.15, -0.1) is 0 Å². The Balaban J connectivity index is 1.66. The number of benzene rings is 2. The quantitative estimate of drug-likeness (QED) is 0.396. The average molecular weight is 388 g/mol. The SMILES string of the molecule is Cc1ccc(-c2c[nH]c(=O)n2-c2cccc(C(=O)C=Cc3ccc(F)cc3)c2)o1. The number of aromatic amines is 1. The summed E-state index contributed by atoms with van der Waals surface area (Å²) in [5.74, 6) is 0.722. The number of aryl methyl sites for hydroxylation is 1. The molecule has 0 atom stereocenters. The number of aromatic nitrogens is 2. The first kappa shape index (κ1) is 18.4. The zero-order valence-electron chi connectivity index (χ0n) is 15.6. The van der Waals surface area contributed by atoms with Crippen molar-refractivity contribution in [2.45, 2.75) is 6.92 Å². The molecule has 2 heterocycles. The summed E-state index contributed by atoms with van der Waals surface area (Å²) >= 11 is 0. The Morgan fingerprint density at radius 2 is 1.90 bits per heavy atom. The number of hydrogen-bond acceptors (Lipinski definition) is 3. The first-order chi connectivity index (χ1) is 14.0. The van der Waals surface area contributed by atoms with E-state index in [0.29, 0.717) is 28.3 Å². The number of rotatable bonds is 5. The third-order valence-electron chi connectivity index (χ3n) is 4.46. The first-order valence-corrected chi connectivity index (χ1v) is 8.97. The van der Waals surface area contributed by atoms with Gasteiger partial charge in [0, 0.05) is 11.8 Å². The molecule has 0 unspecified atom stereocenters. The fraction of sp³-hybridized carbons (Fsp3) is 0.0435. The van der Waals surface area contributed by atoms with E-state index < -0.39 is 0 Å². The smallest absolute Gasteiger partial charge is 0.330 e. The van der Waals surface area contributed by atoms with E-state index in [0.717, 1.165) is 5.76 Å². The average Bonchev–Trinajstić information content (AvgIpc) is 3.32. The predicted octanol–water partition coefficient (Wildman–Crippen LogP) is 4.77. The van der Waals surface area contributed by atoms with Gasteiger partial charge in [-0.05, 0) is 55.0 Å². The molecule has 0 spiro atoms. The summed E-state index contributed by atoms with van der Waals surface area (Å²) in [7, 11) is 0. The second kappa shape index (κ2) is 7.59. The van der Waals surface area contributed by atoms with Gasteiger partial charge in [0.25, 0.3) is 0 Å². The van der Waals surface area contributed by atoms with Crippen LogP contribution < -0.4 is 5.69 Å². The van der Waals surface area contributed by atoms with Gasteiger partial charge in [0.2, 0.25) is 0 Å². The van der Waals surface area contributed by atoms with Crippen molar-refractivity contribution in [1.29, 1.82) is 0 Å². The van der Waals surface area contributed by atoms with Crippen molar-refractivity contribution in [1.82, 2.24) is 9.55 Å². The van der Waals surface area contributed by atoms with Crippen molar-refractivity contribution in [2.75, 3.05) is 0 Å². The molecule has 2 aromatic carbocycles. The molecule has 0 amide bonds. The van der Waals surface area contributed by atoms with Gasteiger partial charge in [-0.1, -0.05) is 30.3 Å². The van der Waals surface area contributed by atoms with Crippen LogP contribution in [0.15, 0.2) is 82.1 Å². The van der Waals surface area contributed by atoms with Crippen LogP contribution in [-0.2, 0) is 0 Å². The number of nitrogens with zero attached hydrogens (tertiary/aromatic N) is 1. The number of allylic oxidation sites excluding steroid dienone is 1. The van der Waals surface area contributed by atoms with E-state index >= 15 is 0 Å². The maximum atomic E-state index is 13.0. The van der Waals surface area contributed by atoms with E-state index in [1.54, 1.807) is 54.7 Å². The number of furan rings is 1. The summed E-state index contributed by atoms with van der Waals surface area (Å²) in [6.07, 6.45) is 4.61. The molecule has 0 aliphatic heterocycles. The number of hydrogen-bond donors (Lipinski definition) is 1. The van der Waals surface area contributed by atoms with Crippen molar-refractivity contribution >= 4 is 11.9 Å². The maximum absolute atomic E-state index is 13.0. The van der Waals surface area contributed by atoms with Crippen LogP contribution in [0.25, 0.3) is 23.2 Å². The monoisotopic (exact) mass is 388 g/mol. The molecule has 0 aliphatic rings. The van der Waals surface area contributed by atoms with E-state index in [9.17, 15) is 14.0 Å². The largest absolute Gasteiger partial charge is 0.460 e. The van der Waals surface area contributed by atoms with Crippen LogP contribution in [0.5, 0.6) is 0 Å². The number of imidazole rings is 1. The molecule has 0 aliphatic carbocycles. The number of carbonyl (C=O) groups is 1. The second-order valence-corrected chi connectivity index (χ2v) is 6.52. The number of nitrogens with one attached hydrogen (secondary N) is 1. The van der Waals surface area contributed by atoms with Gasteiger partial charge >= 0.3 is 5.69 Å². The molecule has 4 aromatic rings.